The molecule has 0 bridgehead atoms. The van der Waals surface area contributed by atoms with E-state index in [1.807, 2.05) is 31.2 Å². The van der Waals surface area contributed by atoms with Crippen molar-refractivity contribution in [3.8, 4) is 5.75 Å². The van der Waals surface area contributed by atoms with Crippen molar-refractivity contribution in [2.24, 2.45) is 5.92 Å². The Balaban J connectivity index is 1.88. The highest BCUT2D eigenvalue weighted by atomic mass is 16.7. The second-order valence-electron chi connectivity index (χ2n) is 6.28. The SMILES string of the molecule is CCCC(c1ccc(OC(C)OCc2ccco2)cc1)C(C)C. The molecular formula is C20H28O3. The Morgan fingerprint density at radius 3 is 2.35 bits per heavy atom. The average molecular weight is 316 g/mol. The normalized spacial score (nSPS) is 14.0. The first kappa shape index (κ1) is 17.6. The predicted octanol–water partition coefficient (Wildman–Crippen LogP) is 5.76. The van der Waals surface area contributed by atoms with Gasteiger partial charge in [0.15, 0.2) is 6.29 Å². The average Bonchev–Trinajstić information content (AvgIpc) is 3.05. The zero-order valence-electron chi connectivity index (χ0n) is 14.6. The first-order valence-electron chi connectivity index (χ1n) is 8.50. The van der Waals surface area contributed by atoms with E-state index in [9.17, 15) is 0 Å². The highest BCUT2D eigenvalue weighted by Gasteiger charge is 2.15. The number of benzene rings is 1. The van der Waals surface area contributed by atoms with E-state index in [1.165, 1.54) is 18.4 Å². The van der Waals surface area contributed by atoms with Gasteiger partial charge in [-0.25, -0.2) is 0 Å². The summed E-state index contributed by atoms with van der Waals surface area (Å²) in [5, 5.41) is 0. The van der Waals surface area contributed by atoms with Crippen LogP contribution in [0.5, 0.6) is 5.75 Å². The molecule has 0 saturated heterocycles. The lowest BCUT2D eigenvalue weighted by Gasteiger charge is -2.21. The van der Waals surface area contributed by atoms with Crippen LogP contribution in [0.4, 0.5) is 0 Å². The van der Waals surface area contributed by atoms with Crippen molar-refractivity contribution in [1.29, 1.82) is 0 Å². The molecule has 1 aromatic heterocycles. The standard InChI is InChI=1S/C20H28O3/c1-5-7-20(15(2)3)17-9-11-18(12-10-17)23-16(4)22-14-19-8-6-13-21-19/h6,8-13,15-16,20H,5,7,14H2,1-4H3. The summed E-state index contributed by atoms with van der Waals surface area (Å²) in [6.07, 6.45) is 3.76. The van der Waals surface area contributed by atoms with E-state index in [1.54, 1.807) is 6.26 Å². The van der Waals surface area contributed by atoms with E-state index < -0.39 is 0 Å². The van der Waals surface area contributed by atoms with Gasteiger partial charge in [0, 0.05) is 0 Å². The van der Waals surface area contributed by atoms with Crippen molar-refractivity contribution < 1.29 is 13.9 Å². The zero-order chi connectivity index (χ0) is 16.7. The molecule has 0 aliphatic carbocycles. The third-order valence-electron chi connectivity index (χ3n) is 4.06. The van der Waals surface area contributed by atoms with Crippen LogP contribution in [-0.4, -0.2) is 6.29 Å². The molecule has 23 heavy (non-hydrogen) atoms. The van der Waals surface area contributed by atoms with E-state index in [-0.39, 0.29) is 6.29 Å². The molecule has 126 valence electrons. The van der Waals surface area contributed by atoms with Crippen molar-refractivity contribution in [3.63, 3.8) is 0 Å². The lowest BCUT2D eigenvalue weighted by atomic mass is 9.85. The summed E-state index contributed by atoms with van der Waals surface area (Å²) in [5.41, 5.74) is 1.39. The molecular weight excluding hydrogens is 288 g/mol. The van der Waals surface area contributed by atoms with Crippen molar-refractivity contribution in [1.82, 2.24) is 0 Å². The highest BCUT2D eigenvalue weighted by Crippen LogP contribution is 2.30. The van der Waals surface area contributed by atoms with Crippen LogP contribution in [-0.2, 0) is 11.3 Å². The van der Waals surface area contributed by atoms with Crippen LogP contribution >= 0.6 is 0 Å². The molecule has 0 amide bonds. The fourth-order valence-corrected chi connectivity index (χ4v) is 2.81. The Bertz CT molecular complexity index is 543. The van der Waals surface area contributed by atoms with Gasteiger partial charge in [0.25, 0.3) is 0 Å². The van der Waals surface area contributed by atoms with E-state index in [0.29, 0.717) is 18.4 Å². The number of ether oxygens (including phenoxy) is 2. The first-order valence-corrected chi connectivity index (χ1v) is 8.50. The lowest BCUT2D eigenvalue weighted by molar-refractivity contribution is -0.0805. The van der Waals surface area contributed by atoms with Gasteiger partial charge >= 0.3 is 0 Å². The fourth-order valence-electron chi connectivity index (χ4n) is 2.81. The summed E-state index contributed by atoms with van der Waals surface area (Å²) >= 11 is 0. The lowest BCUT2D eigenvalue weighted by Crippen LogP contribution is -2.16. The third-order valence-corrected chi connectivity index (χ3v) is 4.06. The third kappa shape index (κ3) is 5.43. The molecule has 2 unspecified atom stereocenters. The van der Waals surface area contributed by atoms with E-state index in [0.717, 1.165) is 11.5 Å². The summed E-state index contributed by atoms with van der Waals surface area (Å²) < 4.78 is 16.7. The van der Waals surface area contributed by atoms with E-state index >= 15 is 0 Å². The summed E-state index contributed by atoms with van der Waals surface area (Å²) in [6.45, 7) is 9.12. The maximum absolute atomic E-state index is 5.80. The van der Waals surface area contributed by atoms with Crippen LogP contribution in [0, 0.1) is 5.92 Å². The molecule has 0 fully saturated rings. The van der Waals surface area contributed by atoms with Gasteiger partial charge in [0.2, 0.25) is 0 Å². The Hall–Kier alpha value is -1.74. The van der Waals surface area contributed by atoms with Crippen LogP contribution in [0.15, 0.2) is 47.1 Å². The second kappa shape index (κ2) is 8.78. The van der Waals surface area contributed by atoms with Crippen LogP contribution in [0.1, 0.15) is 57.8 Å². The Morgan fingerprint density at radius 1 is 1.04 bits per heavy atom. The van der Waals surface area contributed by atoms with Crippen LogP contribution < -0.4 is 4.74 Å². The molecule has 0 saturated carbocycles. The zero-order valence-corrected chi connectivity index (χ0v) is 14.6. The van der Waals surface area contributed by atoms with Gasteiger partial charge in [-0.05, 0) is 55.0 Å². The Kier molecular flexibility index (Phi) is 6.72. The van der Waals surface area contributed by atoms with Crippen molar-refractivity contribution in [3.05, 3.63) is 54.0 Å². The monoisotopic (exact) mass is 316 g/mol. The molecule has 1 aromatic carbocycles. The molecule has 1 heterocycles. The van der Waals surface area contributed by atoms with Crippen molar-refractivity contribution >= 4 is 0 Å². The van der Waals surface area contributed by atoms with Crippen molar-refractivity contribution in [2.45, 2.75) is 59.4 Å². The molecule has 0 radical (unpaired) electrons. The number of rotatable bonds is 9. The molecule has 2 aromatic rings. The molecule has 3 heteroatoms. The Morgan fingerprint density at radius 2 is 1.78 bits per heavy atom. The second-order valence-corrected chi connectivity index (χ2v) is 6.28. The largest absolute Gasteiger partial charge is 0.467 e. The molecule has 3 nitrogen and oxygen atoms in total. The molecule has 0 aliphatic heterocycles. The quantitative estimate of drug-likeness (QED) is 0.551. The van der Waals surface area contributed by atoms with Gasteiger partial charge in [-0.2, -0.15) is 0 Å². The molecule has 0 aliphatic rings. The van der Waals surface area contributed by atoms with Crippen LogP contribution in [0.3, 0.4) is 0 Å². The van der Waals surface area contributed by atoms with Gasteiger partial charge in [-0.3, -0.25) is 0 Å². The first-order chi connectivity index (χ1) is 11.1. The summed E-state index contributed by atoms with van der Waals surface area (Å²) in [6, 6.07) is 12.2. The molecule has 2 rings (SSSR count). The Labute approximate surface area is 139 Å². The minimum atomic E-state index is -0.317. The summed E-state index contributed by atoms with van der Waals surface area (Å²) in [7, 11) is 0. The van der Waals surface area contributed by atoms with Crippen molar-refractivity contribution in [2.75, 3.05) is 0 Å². The fraction of sp³-hybridized carbons (Fsp3) is 0.500. The van der Waals surface area contributed by atoms with E-state index in [4.69, 9.17) is 13.9 Å². The van der Waals surface area contributed by atoms with Gasteiger partial charge in [0.05, 0.1) is 6.26 Å². The van der Waals surface area contributed by atoms with Gasteiger partial charge in [-0.15, -0.1) is 0 Å². The van der Waals surface area contributed by atoms with Gasteiger partial charge in [-0.1, -0.05) is 39.3 Å². The maximum Gasteiger partial charge on any atom is 0.197 e. The number of hydrogen-bond donors (Lipinski definition) is 0. The van der Waals surface area contributed by atoms with Gasteiger partial charge in [0.1, 0.15) is 18.1 Å². The summed E-state index contributed by atoms with van der Waals surface area (Å²) in [5.74, 6) is 2.90. The van der Waals surface area contributed by atoms with Gasteiger partial charge < -0.3 is 13.9 Å². The number of furan rings is 1. The predicted molar refractivity (Wildman–Crippen MR) is 92.5 cm³/mol. The minimum absolute atomic E-state index is 0.317. The highest BCUT2D eigenvalue weighted by molar-refractivity contribution is 5.29. The summed E-state index contributed by atoms with van der Waals surface area (Å²) in [4.78, 5) is 0. The maximum atomic E-state index is 5.80. The van der Waals surface area contributed by atoms with Crippen LogP contribution in [0.2, 0.25) is 0 Å². The molecule has 2 atom stereocenters. The smallest absolute Gasteiger partial charge is 0.197 e. The minimum Gasteiger partial charge on any atom is -0.467 e. The molecule has 0 spiro atoms. The van der Waals surface area contributed by atoms with E-state index in [2.05, 4.69) is 32.9 Å². The van der Waals surface area contributed by atoms with Crippen LogP contribution in [0.25, 0.3) is 0 Å². The molecule has 0 N–H and O–H groups in total. The number of hydrogen-bond acceptors (Lipinski definition) is 3. The topological polar surface area (TPSA) is 31.6 Å².